The van der Waals surface area contributed by atoms with E-state index in [0.29, 0.717) is 25.4 Å². The van der Waals surface area contributed by atoms with Crippen molar-refractivity contribution in [2.24, 2.45) is 0 Å². The van der Waals surface area contributed by atoms with Gasteiger partial charge in [-0.15, -0.1) is 0 Å². The number of hydrogen-bond donors (Lipinski definition) is 0. The molecule has 0 fully saturated rings. The van der Waals surface area contributed by atoms with Crippen LogP contribution in [-0.4, -0.2) is 34.4 Å². The molecule has 1 rings (SSSR count). The van der Waals surface area contributed by atoms with Crippen LogP contribution in [0.15, 0.2) is 42.5 Å². The molecule has 0 aliphatic rings. The van der Waals surface area contributed by atoms with Gasteiger partial charge < -0.3 is 13.6 Å². The van der Waals surface area contributed by atoms with E-state index in [1.807, 2.05) is 32.0 Å². The van der Waals surface area contributed by atoms with E-state index in [1.54, 1.807) is 6.92 Å². The van der Waals surface area contributed by atoms with Gasteiger partial charge in [-0.2, -0.15) is 0 Å². The van der Waals surface area contributed by atoms with E-state index >= 15 is 0 Å². The van der Waals surface area contributed by atoms with E-state index in [0.717, 1.165) is 24.9 Å². The topological polar surface area (TPSA) is 44.8 Å². The fraction of sp³-hybridized carbons (Fsp3) is 0.526. The maximum atomic E-state index is 11.4. The van der Waals surface area contributed by atoms with Crippen molar-refractivity contribution in [1.82, 2.24) is 0 Å². The lowest BCUT2D eigenvalue weighted by Gasteiger charge is -2.30. The third kappa shape index (κ3) is 7.42. The van der Waals surface area contributed by atoms with Crippen molar-refractivity contribution >= 4 is 14.5 Å². The molecular weight excluding hydrogens is 320 g/mol. The van der Waals surface area contributed by atoms with Gasteiger partial charge in [0.15, 0.2) is 0 Å². The number of esters is 1. The number of carbonyl (C=O) groups excluding carboxylic acids is 1. The molecule has 0 amide bonds. The second-order valence-electron chi connectivity index (χ2n) is 5.81. The molecule has 0 radical (unpaired) electrons. The van der Waals surface area contributed by atoms with Gasteiger partial charge in [0.2, 0.25) is 0 Å². The molecule has 0 saturated heterocycles. The number of benzene rings is 1. The van der Waals surface area contributed by atoms with Crippen molar-refractivity contribution in [3.63, 3.8) is 0 Å². The molecule has 1 aromatic rings. The summed E-state index contributed by atoms with van der Waals surface area (Å²) in [5.41, 5.74) is 1.69. The van der Waals surface area contributed by atoms with Gasteiger partial charge in [-0.25, -0.2) is 4.79 Å². The highest BCUT2D eigenvalue weighted by Gasteiger charge is 2.36. The Morgan fingerprint density at radius 3 is 2.25 bits per heavy atom. The average molecular weight is 351 g/mol. The van der Waals surface area contributed by atoms with Crippen LogP contribution in [0.4, 0.5) is 0 Å². The molecule has 0 aromatic heterocycles. The van der Waals surface area contributed by atoms with Crippen molar-refractivity contribution in [3.05, 3.63) is 48.0 Å². The van der Waals surface area contributed by atoms with Crippen LogP contribution >= 0.6 is 0 Å². The summed E-state index contributed by atoms with van der Waals surface area (Å²) in [5, 5.41) is 0. The molecule has 0 unspecified atom stereocenters. The van der Waals surface area contributed by atoms with E-state index in [2.05, 4.69) is 18.7 Å². The van der Waals surface area contributed by atoms with Gasteiger partial charge in [0, 0.05) is 24.8 Å². The van der Waals surface area contributed by atoms with Crippen LogP contribution in [-0.2, 0) is 24.4 Å². The highest BCUT2D eigenvalue weighted by atomic mass is 28.4. The van der Waals surface area contributed by atoms with Crippen molar-refractivity contribution < 1.29 is 18.4 Å². The van der Waals surface area contributed by atoms with Crippen LogP contribution in [0.1, 0.15) is 39.2 Å². The van der Waals surface area contributed by atoms with Crippen molar-refractivity contribution in [2.75, 3.05) is 19.8 Å². The summed E-state index contributed by atoms with van der Waals surface area (Å²) in [6, 6.07) is 12.1. The number of ether oxygens (including phenoxy) is 1. The van der Waals surface area contributed by atoms with Crippen LogP contribution < -0.4 is 0 Å². The van der Waals surface area contributed by atoms with E-state index in [-0.39, 0.29) is 5.97 Å². The van der Waals surface area contributed by atoms with Gasteiger partial charge in [-0.05, 0) is 45.2 Å². The molecule has 0 saturated carbocycles. The molecule has 0 aliphatic carbocycles. The molecular formula is C19H30O4Si. The van der Waals surface area contributed by atoms with Gasteiger partial charge in [0.1, 0.15) is 0 Å². The maximum Gasteiger partial charge on any atom is 0.342 e. The predicted octanol–water partition coefficient (Wildman–Crippen LogP) is 4.18. The molecule has 0 aliphatic heterocycles. The van der Waals surface area contributed by atoms with Crippen LogP contribution in [0.2, 0.25) is 6.04 Å². The molecule has 4 nitrogen and oxygen atoms in total. The number of hydrogen-bond acceptors (Lipinski definition) is 4. The zero-order valence-corrected chi connectivity index (χ0v) is 16.2. The van der Waals surface area contributed by atoms with Gasteiger partial charge >= 0.3 is 14.5 Å². The summed E-state index contributed by atoms with van der Waals surface area (Å²) in [5.74, 6) is -0.322. The fourth-order valence-electron chi connectivity index (χ4n) is 2.59. The van der Waals surface area contributed by atoms with Gasteiger partial charge in [-0.3, -0.25) is 0 Å². The van der Waals surface area contributed by atoms with Crippen LogP contribution in [0.25, 0.3) is 0 Å². The highest BCUT2D eigenvalue weighted by Crippen LogP contribution is 2.23. The molecule has 0 N–H and O–H groups in total. The summed E-state index contributed by atoms with van der Waals surface area (Å²) < 4.78 is 17.4. The van der Waals surface area contributed by atoms with Gasteiger partial charge in [0.25, 0.3) is 0 Å². The predicted molar refractivity (Wildman–Crippen MR) is 99.0 cm³/mol. The average Bonchev–Trinajstić information content (AvgIpc) is 2.55. The van der Waals surface area contributed by atoms with Crippen LogP contribution in [0.5, 0.6) is 0 Å². The monoisotopic (exact) mass is 350 g/mol. The molecule has 134 valence electrons. The first-order valence-electron chi connectivity index (χ1n) is 8.67. The highest BCUT2D eigenvalue weighted by molar-refractivity contribution is 6.66. The lowest BCUT2D eigenvalue weighted by atomic mass is 10.2. The largest absolute Gasteiger partial charge is 0.462 e. The van der Waals surface area contributed by atoms with Gasteiger partial charge in [0.05, 0.1) is 6.61 Å². The third-order valence-electron chi connectivity index (χ3n) is 3.66. The Hall–Kier alpha value is -1.43. The van der Waals surface area contributed by atoms with Crippen LogP contribution in [0, 0.1) is 0 Å². The Kier molecular flexibility index (Phi) is 9.60. The first-order chi connectivity index (χ1) is 11.5. The normalized spacial score (nSPS) is 11.3. The Morgan fingerprint density at radius 2 is 1.71 bits per heavy atom. The van der Waals surface area contributed by atoms with E-state index in [9.17, 15) is 4.79 Å². The fourth-order valence-corrected chi connectivity index (χ4v) is 6.05. The zero-order chi connectivity index (χ0) is 17.8. The zero-order valence-electron chi connectivity index (χ0n) is 15.2. The third-order valence-corrected chi connectivity index (χ3v) is 7.36. The maximum absolute atomic E-state index is 11.4. The van der Waals surface area contributed by atoms with E-state index < -0.39 is 8.56 Å². The Balaban J connectivity index is 2.58. The van der Waals surface area contributed by atoms with Crippen molar-refractivity contribution in [1.29, 1.82) is 0 Å². The summed E-state index contributed by atoms with van der Waals surface area (Å²) in [6.07, 6.45) is 1.73. The second kappa shape index (κ2) is 11.2. The molecule has 0 bridgehead atoms. The van der Waals surface area contributed by atoms with E-state index in [4.69, 9.17) is 13.6 Å². The van der Waals surface area contributed by atoms with Gasteiger partial charge in [-0.1, -0.05) is 36.9 Å². The standard InChI is InChI=1S/C19H30O4Si/c1-5-22-24(23-6-2,16-18-12-8-7-9-13-18)15-11-10-14-21-19(20)17(3)4/h7-9,12-13H,3,5-6,10-11,14-16H2,1-2,4H3. The molecule has 24 heavy (non-hydrogen) atoms. The summed E-state index contributed by atoms with van der Waals surface area (Å²) in [7, 11) is -2.29. The molecule has 0 heterocycles. The smallest absolute Gasteiger partial charge is 0.342 e. The number of unbranched alkanes of at least 4 members (excludes halogenated alkanes) is 1. The molecule has 1 aromatic carbocycles. The molecule has 0 spiro atoms. The minimum Gasteiger partial charge on any atom is -0.462 e. The van der Waals surface area contributed by atoms with E-state index in [1.165, 1.54) is 5.56 Å². The molecule has 5 heteroatoms. The van der Waals surface area contributed by atoms with Crippen molar-refractivity contribution in [3.8, 4) is 0 Å². The molecule has 0 atom stereocenters. The Morgan fingerprint density at radius 1 is 1.08 bits per heavy atom. The Bertz CT molecular complexity index is 495. The first-order valence-corrected chi connectivity index (χ1v) is 10.9. The SMILES string of the molecule is C=C(C)C(=O)OCCCC[Si](Cc1ccccc1)(OCC)OCC. The van der Waals surface area contributed by atoms with Crippen molar-refractivity contribution in [2.45, 2.75) is 45.7 Å². The number of carbonyl (C=O) groups is 1. The summed E-state index contributed by atoms with van der Waals surface area (Å²) >= 11 is 0. The second-order valence-corrected chi connectivity index (χ2v) is 9.06. The summed E-state index contributed by atoms with van der Waals surface area (Å²) in [6.45, 7) is 11.0. The van der Waals surface area contributed by atoms with Crippen LogP contribution in [0.3, 0.4) is 0 Å². The Labute approximate surface area is 147 Å². The lowest BCUT2D eigenvalue weighted by Crippen LogP contribution is -2.45. The number of rotatable bonds is 12. The minimum atomic E-state index is -2.29. The summed E-state index contributed by atoms with van der Waals surface area (Å²) in [4.78, 5) is 11.4. The minimum absolute atomic E-state index is 0.322. The first kappa shape index (κ1) is 20.6. The lowest BCUT2D eigenvalue weighted by molar-refractivity contribution is -0.139. The quantitative estimate of drug-likeness (QED) is 0.245.